The molecule has 0 aromatic carbocycles. The zero-order valence-electron chi connectivity index (χ0n) is 8.20. The molecule has 0 bridgehead atoms. The molecule has 5 heteroatoms. The number of hydrogen-bond acceptors (Lipinski definition) is 4. The van der Waals surface area contributed by atoms with Gasteiger partial charge < -0.3 is 10.1 Å². The van der Waals surface area contributed by atoms with Crippen molar-refractivity contribution in [1.82, 2.24) is 5.32 Å². The molecule has 1 N–H and O–H groups in total. The quantitative estimate of drug-likeness (QED) is 0.288. The first kappa shape index (κ1) is 12.3. The fourth-order valence-corrected chi connectivity index (χ4v) is 0.642. The van der Waals surface area contributed by atoms with Crippen LogP contribution in [0.15, 0.2) is 12.2 Å². The van der Waals surface area contributed by atoms with Gasteiger partial charge in [-0.15, -0.1) is 0 Å². The summed E-state index contributed by atoms with van der Waals surface area (Å²) in [5.41, 5.74) is 0.291. The van der Waals surface area contributed by atoms with Crippen LogP contribution in [-0.2, 0) is 19.1 Å². The predicted molar refractivity (Wildman–Crippen MR) is 49.4 cm³/mol. The third-order valence-electron chi connectivity index (χ3n) is 1.31. The molecule has 0 aliphatic heterocycles. The van der Waals surface area contributed by atoms with Crippen molar-refractivity contribution in [3.8, 4) is 0 Å². The Kier molecular flexibility index (Phi) is 5.21. The molecule has 0 saturated heterocycles. The molecule has 78 valence electrons. The van der Waals surface area contributed by atoms with Gasteiger partial charge in [-0.05, 0) is 13.8 Å². The number of carbonyl (C=O) groups excluding carboxylic acids is 3. The molecule has 0 aliphatic carbocycles. The fourth-order valence-electron chi connectivity index (χ4n) is 0.642. The number of nitrogens with one attached hydrogen (secondary N) is 1. The van der Waals surface area contributed by atoms with E-state index in [0.29, 0.717) is 5.57 Å². The Hall–Kier alpha value is -1.65. The van der Waals surface area contributed by atoms with Gasteiger partial charge in [0.1, 0.15) is 6.61 Å². The summed E-state index contributed by atoms with van der Waals surface area (Å²) < 4.78 is 4.74. The van der Waals surface area contributed by atoms with E-state index >= 15 is 0 Å². The molecular formula is C9H13NO4. The zero-order valence-corrected chi connectivity index (χ0v) is 8.20. The van der Waals surface area contributed by atoms with Crippen LogP contribution in [0.3, 0.4) is 0 Å². The molecule has 1 unspecified atom stereocenters. The molecule has 0 fully saturated rings. The molecular weight excluding hydrogens is 186 g/mol. The van der Waals surface area contributed by atoms with E-state index in [-0.39, 0.29) is 12.9 Å². The minimum Gasteiger partial charge on any atom is -0.460 e. The summed E-state index contributed by atoms with van der Waals surface area (Å²) in [6.07, 6.45) is 0.164. The van der Waals surface area contributed by atoms with Crippen LogP contribution >= 0.6 is 0 Å². The first-order valence-corrected chi connectivity index (χ1v) is 4.05. The first-order valence-electron chi connectivity index (χ1n) is 4.05. The Labute approximate surface area is 82.1 Å². The molecule has 1 atom stereocenters. The highest BCUT2D eigenvalue weighted by atomic mass is 16.5. The summed E-state index contributed by atoms with van der Waals surface area (Å²) in [4.78, 5) is 31.4. The van der Waals surface area contributed by atoms with Crippen molar-refractivity contribution in [1.29, 1.82) is 0 Å². The maximum atomic E-state index is 10.9. The summed E-state index contributed by atoms with van der Waals surface area (Å²) in [7, 11) is 0. The van der Waals surface area contributed by atoms with Crippen molar-refractivity contribution in [3.63, 3.8) is 0 Å². The topological polar surface area (TPSA) is 72.5 Å². The van der Waals surface area contributed by atoms with Gasteiger partial charge in [0.2, 0.25) is 6.29 Å². The van der Waals surface area contributed by atoms with Gasteiger partial charge in [0.25, 0.3) is 5.91 Å². The molecule has 0 heterocycles. The molecule has 5 nitrogen and oxygen atoms in total. The van der Waals surface area contributed by atoms with E-state index in [0.717, 1.165) is 0 Å². The highest BCUT2D eigenvalue weighted by Crippen LogP contribution is 1.93. The second kappa shape index (κ2) is 5.90. The third kappa shape index (κ3) is 5.08. The predicted octanol–water partition coefficient (Wildman–Crippen LogP) is -0.191. The van der Waals surface area contributed by atoms with Gasteiger partial charge in [0.15, 0.2) is 0 Å². The van der Waals surface area contributed by atoms with Crippen LogP contribution in [0, 0.1) is 0 Å². The van der Waals surface area contributed by atoms with Crippen molar-refractivity contribution < 1.29 is 19.1 Å². The Morgan fingerprint density at radius 2 is 2.14 bits per heavy atom. The summed E-state index contributed by atoms with van der Waals surface area (Å²) >= 11 is 0. The lowest BCUT2D eigenvalue weighted by Crippen LogP contribution is -2.37. The minimum atomic E-state index is -0.733. The molecule has 0 aromatic heterocycles. The Morgan fingerprint density at radius 3 is 2.57 bits per heavy atom. The second-order valence-corrected chi connectivity index (χ2v) is 2.91. The molecule has 0 spiro atoms. The largest absolute Gasteiger partial charge is 0.460 e. The summed E-state index contributed by atoms with van der Waals surface area (Å²) in [6, 6.07) is -0.393. The van der Waals surface area contributed by atoms with Crippen LogP contribution in [0.1, 0.15) is 13.8 Å². The highest BCUT2D eigenvalue weighted by Gasteiger charge is 2.09. The van der Waals surface area contributed by atoms with Gasteiger partial charge in [-0.25, -0.2) is 4.79 Å². The molecule has 14 heavy (non-hydrogen) atoms. The Bertz CT molecular complexity index is 260. The number of ether oxygens (including phenoxy) is 1. The summed E-state index contributed by atoms with van der Waals surface area (Å²) in [5, 5.41) is 2.31. The second-order valence-electron chi connectivity index (χ2n) is 2.91. The van der Waals surface area contributed by atoms with Gasteiger partial charge >= 0.3 is 5.97 Å². The number of esters is 1. The van der Waals surface area contributed by atoms with Crippen molar-refractivity contribution in [2.45, 2.75) is 19.9 Å². The molecule has 0 aromatic rings. The molecule has 0 aliphatic rings. The van der Waals surface area contributed by atoms with Crippen molar-refractivity contribution >= 4 is 18.2 Å². The van der Waals surface area contributed by atoms with Crippen LogP contribution in [0.4, 0.5) is 0 Å². The van der Waals surface area contributed by atoms with Gasteiger partial charge in [-0.3, -0.25) is 9.59 Å². The van der Waals surface area contributed by atoms with E-state index in [2.05, 4.69) is 11.9 Å². The Morgan fingerprint density at radius 1 is 1.57 bits per heavy atom. The van der Waals surface area contributed by atoms with Crippen LogP contribution in [0.25, 0.3) is 0 Å². The monoisotopic (exact) mass is 199 g/mol. The highest BCUT2D eigenvalue weighted by molar-refractivity contribution is 6.23. The summed E-state index contributed by atoms with van der Waals surface area (Å²) in [6.45, 7) is 6.55. The van der Waals surface area contributed by atoms with Gasteiger partial charge in [0, 0.05) is 5.57 Å². The zero-order chi connectivity index (χ0) is 11.1. The first-order chi connectivity index (χ1) is 6.47. The van der Waals surface area contributed by atoms with E-state index in [1.54, 1.807) is 6.92 Å². The van der Waals surface area contributed by atoms with Crippen LogP contribution in [0.2, 0.25) is 0 Å². The van der Waals surface area contributed by atoms with Crippen LogP contribution < -0.4 is 5.32 Å². The van der Waals surface area contributed by atoms with E-state index in [4.69, 9.17) is 4.74 Å². The van der Waals surface area contributed by atoms with Crippen molar-refractivity contribution in [2.24, 2.45) is 0 Å². The number of hydrogen-bond donors (Lipinski definition) is 1. The standard InChI is InChI=1S/C9H13NO4/c1-6(2)9(13)14-5-7(3)10-8(12)4-11/h4,7H,1,5H2,2-3H3,(H,10,12). The van der Waals surface area contributed by atoms with E-state index < -0.39 is 17.9 Å². The minimum absolute atomic E-state index is 0.0191. The normalized spacial score (nSPS) is 11.3. The van der Waals surface area contributed by atoms with E-state index in [9.17, 15) is 14.4 Å². The van der Waals surface area contributed by atoms with E-state index in [1.807, 2.05) is 0 Å². The van der Waals surface area contributed by atoms with Crippen molar-refractivity contribution in [2.75, 3.05) is 6.61 Å². The van der Waals surface area contributed by atoms with Crippen molar-refractivity contribution in [3.05, 3.63) is 12.2 Å². The van der Waals surface area contributed by atoms with Gasteiger partial charge in [-0.2, -0.15) is 0 Å². The number of rotatable bonds is 5. The van der Waals surface area contributed by atoms with Crippen LogP contribution in [0.5, 0.6) is 0 Å². The molecule has 0 radical (unpaired) electrons. The lowest BCUT2D eigenvalue weighted by Gasteiger charge is -2.11. The maximum absolute atomic E-state index is 10.9. The average molecular weight is 199 g/mol. The number of carbonyl (C=O) groups is 3. The fraction of sp³-hybridized carbons (Fsp3) is 0.444. The lowest BCUT2D eigenvalue weighted by atomic mass is 10.3. The Balaban J connectivity index is 3.79. The SMILES string of the molecule is C=C(C)C(=O)OCC(C)NC(=O)C=O. The third-order valence-corrected chi connectivity index (χ3v) is 1.31. The van der Waals surface area contributed by atoms with Crippen LogP contribution in [-0.4, -0.2) is 30.8 Å². The number of aldehydes is 1. The maximum Gasteiger partial charge on any atom is 0.333 e. The van der Waals surface area contributed by atoms with Gasteiger partial charge in [-0.1, -0.05) is 6.58 Å². The lowest BCUT2D eigenvalue weighted by molar-refractivity contribution is -0.140. The molecule has 0 saturated carbocycles. The van der Waals surface area contributed by atoms with Gasteiger partial charge in [0.05, 0.1) is 6.04 Å². The smallest absolute Gasteiger partial charge is 0.333 e. The molecule has 0 rings (SSSR count). The number of amides is 1. The average Bonchev–Trinajstić information content (AvgIpc) is 2.13. The van der Waals surface area contributed by atoms with E-state index in [1.165, 1.54) is 6.92 Å². The molecule has 1 amide bonds. The summed E-state index contributed by atoms with van der Waals surface area (Å²) in [5.74, 6) is -1.25.